The standard InChI is InChI=1S/C12H15NO.2ClH.Zr/c1-8-4-3-5-10(12(8)14)7-13-11-6-9(11)2;;;/h3-5,7,9,11,14H,6H2,1-2H3;2*1H;/q;;;+2/p-2. The molecule has 2 atom stereocenters. The molecule has 1 aromatic carbocycles. The molecule has 2 rings (SSSR count). The molecule has 5 heteroatoms. The molecule has 0 aliphatic heterocycles. The van der Waals surface area contributed by atoms with Crippen LogP contribution in [-0.2, 0) is 20.8 Å². The Balaban J connectivity index is 0.000000437. The summed E-state index contributed by atoms with van der Waals surface area (Å²) in [5.41, 5.74) is 1.72. The van der Waals surface area contributed by atoms with Crippen molar-refractivity contribution in [3.05, 3.63) is 29.3 Å². The van der Waals surface area contributed by atoms with E-state index in [0.29, 0.717) is 11.8 Å². The summed E-state index contributed by atoms with van der Waals surface area (Å²) in [6, 6.07) is 6.20. The summed E-state index contributed by atoms with van der Waals surface area (Å²) in [4.78, 5) is 4.40. The van der Waals surface area contributed by atoms with Crippen molar-refractivity contribution in [1.29, 1.82) is 0 Å². The molecule has 92 valence electrons. The molecule has 2 unspecified atom stereocenters. The average Bonchev–Trinajstić information content (AvgIpc) is 2.98. The Bertz CT molecular complexity index is 398. The van der Waals surface area contributed by atoms with E-state index in [2.05, 4.69) is 11.9 Å². The SMILES string of the molecule is Cc1cccc(C=NC2CC2C)c1O.[Cl][Zr][Cl]. The molecular weight excluding hydrogens is 336 g/mol. The van der Waals surface area contributed by atoms with Gasteiger partial charge in [-0.3, -0.25) is 4.99 Å². The molecule has 0 radical (unpaired) electrons. The minimum atomic E-state index is -0.826. The van der Waals surface area contributed by atoms with Gasteiger partial charge in [0.25, 0.3) is 0 Å². The molecule has 1 fully saturated rings. The van der Waals surface area contributed by atoms with E-state index < -0.39 is 20.8 Å². The Labute approximate surface area is 121 Å². The van der Waals surface area contributed by atoms with Crippen molar-refractivity contribution in [1.82, 2.24) is 0 Å². The van der Waals surface area contributed by atoms with Crippen molar-refractivity contribution in [3.63, 3.8) is 0 Å². The maximum absolute atomic E-state index is 9.71. The first-order chi connectivity index (χ1) is 8.10. The zero-order valence-electron chi connectivity index (χ0n) is 9.82. The molecular formula is C12H15Cl2NOZr. The van der Waals surface area contributed by atoms with E-state index in [1.165, 1.54) is 6.42 Å². The third-order valence-electron chi connectivity index (χ3n) is 2.74. The minimum absolute atomic E-state index is 0.351. The number of hydrogen-bond donors (Lipinski definition) is 1. The van der Waals surface area contributed by atoms with Gasteiger partial charge in [0.2, 0.25) is 0 Å². The number of phenolic OH excluding ortho intramolecular Hbond substituents is 1. The first-order valence-corrected chi connectivity index (χ1v) is 11.7. The van der Waals surface area contributed by atoms with E-state index >= 15 is 0 Å². The van der Waals surface area contributed by atoms with E-state index in [1.807, 2.05) is 25.1 Å². The van der Waals surface area contributed by atoms with Gasteiger partial charge in [-0.25, -0.2) is 0 Å². The van der Waals surface area contributed by atoms with Gasteiger partial charge >= 0.3 is 37.9 Å². The summed E-state index contributed by atoms with van der Waals surface area (Å²) >= 11 is -0.826. The Morgan fingerprint density at radius 3 is 2.59 bits per heavy atom. The van der Waals surface area contributed by atoms with Crippen LogP contribution in [0, 0.1) is 12.8 Å². The van der Waals surface area contributed by atoms with Gasteiger partial charge in [0, 0.05) is 11.8 Å². The van der Waals surface area contributed by atoms with Crippen LogP contribution in [0.1, 0.15) is 24.5 Å². The van der Waals surface area contributed by atoms with Gasteiger partial charge in [-0.05, 0) is 30.9 Å². The van der Waals surface area contributed by atoms with Gasteiger partial charge in [-0.15, -0.1) is 0 Å². The molecule has 0 saturated heterocycles. The summed E-state index contributed by atoms with van der Waals surface area (Å²) in [7, 11) is 9.87. The van der Waals surface area contributed by atoms with Gasteiger partial charge in [-0.2, -0.15) is 0 Å². The second-order valence-corrected chi connectivity index (χ2v) is 7.87. The second-order valence-electron chi connectivity index (χ2n) is 4.14. The number of nitrogens with zero attached hydrogens (tertiary/aromatic N) is 1. The number of aliphatic imine (C=N–C) groups is 1. The van der Waals surface area contributed by atoms with Crippen LogP contribution in [0.5, 0.6) is 5.75 Å². The molecule has 17 heavy (non-hydrogen) atoms. The van der Waals surface area contributed by atoms with Gasteiger partial charge in [0.15, 0.2) is 0 Å². The van der Waals surface area contributed by atoms with Crippen LogP contribution >= 0.6 is 17.0 Å². The molecule has 1 saturated carbocycles. The number of para-hydroxylation sites is 1. The monoisotopic (exact) mass is 349 g/mol. The maximum atomic E-state index is 9.71. The third kappa shape index (κ3) is 5.11. The molecule has 2 nitrogen and oxygen atoms in total. The van der Waals surface area contributed by atoms with E-state index in [1.54, 1.807) is 6.21 Å². The summed E-state index contributed by atoms with van der Waals surface area (Å²) in [5, 5.41) is 9.71. The topological polar surface area (TPSA) is 32.6 Å². The number of hydrogen-bond acceptors (Lipinski definition) is 2. The van der Waals surface area contributed by atoms with Gasteiger partial charge in [0.05, 0.1) is 6.04 Å². The molecule has 0 heterocycles. The molecule has 1 aromatic rings. The Hall–Kier alpha value is 0.153. The normalized spacial score (nSPS) is 21.9. The van der Waals surface area contributed by atoms with Crippen molar-refractivity contribution in [2.24, 2.45) is 10.9 Å². The summed E-state index contributed by atoms with van der Waals surface area (Å²) in [5.74, 6) is 1.07. The molecule has 0 bridgehead atoms. The fourth-order valence-electron chi connectivity index (χ4n) is 1.47. The van der Waals surface area contributed by atoms with Crippen LogP contribution in [0.4, 0.5) is 0 Å². The summed E-state index contributed by atoms with van der Waals surface area (Å²) in [6.07, 6.45) is 2.97. The summed E-state index contributed by atoms with van der Waals surface area (Å²) in [6.45, 7) is 4.09. The van der Waals surface area contributed by atoms with Crippen LogP contribution in [0.15, 0.2) is 23.2 Å². The third-order valence-corrected chi connectivity index (χ3v) is 2.74. The van der Waals surface area contributed by atoms with Gasteiger partial charge in [0.1, 0.15) is 5.75 Å². The molecule has 0 amide bonds. The fraction of sp³-hybridized carbons (Fsp3) is 0.417. The number of benzene rings is 1. The average molecular weight is 351 g/mol. The number of phenols is 1. The number of halogens is 2. The molecule has 0 spiro atoms. The van der Waals surface area contributed by atoms with E-state index in [4.69, 9.17) is 17.0 Å². The van der Waals surface area contributed by atoms with Crippen LogP contribution < -0.4 is 0 Å². The molecule has 1 N–H and O–H groups in total. The van der Waals surface area contributed by atoms with E-state index in [-0.39, 0.29) is 0 Å². The first kappa shape index (κ1) is 15.2. The number of rotatable bonds is 2. The number of aromatic hydroxyl groups is 1. The first-order valence-electron chi connectivity index (χ1n) is 5.38. The quantitative estimate of drug-likeness (QED) is 0.805. The van der Waals surface area contributed by atoms with Gasteiger partial charge in [-0.1, -0.05) is 19.1 Å². The fourth-order valence-corrected chi connectivity index (χ4v) is 1.47. The molecule has 0 aromatic heterocycles. The van der Waals surface area contributed by atoms with Crippen molar-refractivity contribution in [2.75, 3.05) is 0 Å². The van der Waals surface area contributed by atoms with E-state index in [9.17, 15) is 5.11 Å². The van der Waals surface area contributed by atoms with Crippen LogP contribution in [-0.4, -0.2) is 17.4 Å². The van der Waals surface area contributed by atoms with Crippen molar-refractivity contribution in [2.45, 2.75) is 26.3 Å². The van der Waals surface area contributed by atoms with Crippen molar-refractivity contribution in [3.8, 4) is 5.75 Å². The van der Waals surface area contributed by atoms with Crippen molar-refractivity contribution >= 4 is 23.2 Å². The van der Waals surface area contributed by atoms with E-state index in [0.717, 1.165) is 17.0 Å². The Kier molecular flexibility index (Phi) is 6.76. The number of aryl methyl sites for hydroxylation is 1. The zero-order chi connectivity index (χ0) is 12.8. The Morgan fingerprint density at radius 1 is 1.47 bits per heavy atom. The molecule has 1 aliphatic carbocycles. The van der Waals surface area contributed by atoms with Crippen LogP contribution in [0.2, 0.25) is 0 Å². The Morgan fingerprint density at radius 2 is 2.06 bits per heavy atom. The van der Waals surface area contributed by atoms with Crippen LogP contribution in [0.3, 0.4) is 0 Å². The van der Waals surface area contributed by atoms with Crippen molar-refractivity contribution < 1.29 is 26.0 Å². The van der Waals surface area contributed by atoms with Gasteiger partial charge < -0.3 is 5.11 Å². The van der Waals surface area contributed by atoms with Crippen LogP contribution in [0.25, 0.3) is 0 Å². The molecule has 1 aliphatic rings. The second kappa shape index (κ2) is 7.56. The predicted molar refractivity (Wildman–Crippen MR) is 69.7 cm³/mol. The predicted octanol–water partition coefficient (Wildman–Crippen LogP) is 3.90. The summed E-state index contributed by atoms with van der Waals surface area (Å²) < 4.78 is 0. The zero-order valence-corrected chi connectivity index (χ0v) is 13.8.